The topological polar surface area (TPSA) is 85.3 Å². The minimum Gasteiger partial charge on any atom is -0.465 e. The van der Waals surface area contributed by atoms with E-state index in [1.54, 1.807) is 36.1 Å². The molecule has 1 aromatic carbocycles. The molecule has 146 valence electrons. The van der Waals surface area contributed by atoms with Crippen LogP contribution in [0.15, 0.2) is 53.2 Å². The molecule has 0 aromatic heterocycles. The Morgan fingerprint density at radius 1 is 1.32 bits per heavy atom. The summed E-state index contributed by atoms with van der Waals surface area (Å²) in [4.78, 5) is 43.2. The first-order valence-electron chi connectivity index (χ1n) is 8.68. The van der Waals surface area contributed by atoms with Gasteiger partial charge in [0.15, 0.2) is 5.17 Å². The molecule has 1 fully saturated rings. The van der Waals surface area contributed by atoms with Gasteiger partial charge in [-0.1, -0.05) is 36.5 Å². The van der Waals surface area contributed by atoms with Gasteiger partial charge in [-0.2, -0.15) is 0 Å². The molecule has 0 unspecified atom stereocenters. The van der Waals surface area contributed by atoms with Gasteiger partial charge >= 0.3 is 11.9 Å². The number of ether oxygens (including phenoxy) is 2. The van der Waals surface area contributed by atoms with Crippen LogP contribution in [0.4, 0.5) is 0 Å². The molecule has 1 amide bonds. The molecule has 1 saturated heterocycles. The van der Waals surface area contributed by atoms with Crippen LogP contribution in [0.3, 0.4) is 0 Å². The maximum atomic E-state index is 12.7. The second-order valence-electron chi connectivity index (χ2n) is 6.16. The van der Waals surface area contributed by atoms with Crippen molar-refractivity contribution in [3.05, 3.63) is 59.3 Å². The predicted molar refractivity (Wildman–Crippen MR) is 106 cm³/mol. The fourth-order valence-electron chi connectivity index (χ4n) is 3.10. The molecule has 0 saturated carbocycles. The number of thioether (sulfide) groups is 1. The maximum Gasteiger partial charge on any atom is 0.338 e. The lowest BCUT2D eigenvalue weighted by atomic mass is 9.93. The Kier molecular flexibility index (Phi) is 5.99. The van der Waals surface area contributed by atoms with E-state index in [9.17, 15) is 14.4 Å². The molecular weight excluding hydrogens is 380 g/mol. The Bertz CT molecular complexity index is 888. The van der Waals surface area contributed by atoms with E-state index in [2.05, 4.69) is 11.6 Å². The number of methoxy groups -OCH3 is 1. The van der Waals surface area contributed by atoms with E-state index in [1.165, 1.54) is 24.9 Å². The molecule has 28 heavy (non-hydrogen) atoms. The van der Waals surface area contributed by atoms with Crippen molar-refractivity contribution in [2.45, 2.75) is 19.4 Å². The first kappa shape index (κ1) is 19.9. The van der Waals surface area contributed by atoms with E-state index in [0.29, 0.717) is 39.7 Å². The molecule has 0 radical (unpaired) electrons. The zero-order chi connectivity index (χ0) is 20.3. The number of allylic oxidation sites excluding steroid dienone is 1. The van der Waals surface area contributed by atoms with E-state index < -0.39 is 18.0 Å². The van der Waals surface area contributed by atoms with Gasteiger partial charge in [0, 0.05) is 12.2 Å². The standard InChI is InChI=1S/C20H20N2O5S/c1-4-10-27-19(25)16-12(2)21-20-22(15(23)9-11-28-20)17(16)13-5-7-14(8-6-13)18(24)26-3/h4-8,17H,1,9-11H2,2-3H3/t17-/m0/s1. The number of amidine groups is 1. The van der Waals surface area contributed by atoms with Crippen molar-refractivity contribution in [1.82, 2.24) is 4.90 Å². The van der Waals surface area contributed by atoms with Crippen LogP contribution in [0, 0.1) is 0 Å². The van der Waals surface area contributed by atoms with Crippen LogP contribution in [0.2, 0.25) is 0 Å². The molecule has 7 nitrogen and oxygen atoms in total. The van der Waals surface area contributed by atoms with E-state index in [1.807, 2.05) is 0 Å². The number of nitrogens with zero attached hydrogens (tertiary/aromatic N) is 2. The average Bonchev–Trinajstić information content (AvgIpc) is 2.70. The third-order valence-corrected chi connectivity index (χ3v) is 5.36. The van der Waals surface area contributed by atoms with Crippen LogP contribution in [-0.2, 0) is 19.1 Å². The fraction of sp³-hybridized carbons (Fsp3) is 0.300. The molecule has 1 atom stereocenters. The summed E-state index contributed by atoms with van der Waals surface area (Å²) in [5.74, 6) is -0.475. The zero-order valence-electron chi connectivity index (χ0n) is 15.6. The normalized spacial score (nSPS) is 18.9. The number of hydrogen-bond donors (Lipinski definition) is 0. The molecule has 8 heteroatoms. The van der Waals surface area contributed by atoms with Gasteiger partial charge in [-0.05, 0) is 24.6 Å². The summed E-state index contributed by atoms with van der Waals surface area (Å²) in [6, 6.07) is 5.96. The third-order valence-electron chi connectivity index (χ3n) is 4.41. The number of hydrogen-bond acceptors (Lipinski definition) is 7. The second-order valence-corrected chi connectivity index (χ2v) is 7.22. The van der Waals surface area contributed by atoms with Crippen molar-refractivity contribution in [3.63, 3.8) is 0 Å². The van der Waals surface area contributed by atoms with Crippen LogP contribution in [0.5, 0.6) is 0 Å². The molecule has 2 aliphatic rings. The summed E-state index contributed by atoms with van der Waals surface area (Å²) < 4.78 is 9.97. The first-order chi connectivity index (χ1) is 13.5. The van der Waals surface area contributed by atoms with E-state index in [0.717, 1.165) is 0 Å². The van der Waals surface area contributed by atoms with Crippen LogP contribution in [0.1, 0.15) is 35.3 Å². The second kappa shape index (κ2) is 8.43. The number of benzene rings is 1. The van der Waals surface area contributed by atoms with E-state index in [4.69, 9.17) is 9.47 Å². The Morgan fingerprint density at radius 2 is 2.04 bits per heavy atom. The zero-order valence-corrected chi connectivity index (χ0v) is 16.5. The van der Waals surface area contributed by atoms with Gasteiger partial charge in [-0.25, -0.2) is 14.6 Å². The molecule has 1 aromatic rings. The summed E-state index contributed by atoms with van der Waals surface area (Å²) >= 11 is 1.47. The highest BCUT2D eigenvalue weighted by molar-refractivity contribution is 8.14. The number of amides is 1. The number of rotatable bonds is 5. The average molecular weight is 400 g/mol. The first-order valence-corrected chi connectivity index (χ1v) is 9.67. The lowest BCUT2D eigenvalue weighted by Crippen LogP contribution is -2.45. The molecule has 0 bridgehead atoms. The largest absolute Gasteiger partial charge is 0.465 e. The van der Waals surface area contributed by atoms with Crippen molar-refractivity contribution in [2.75, 3.05) is 19.5 Å². The summed E-state index contributed by atoms with van der Waals surface area (Å²) in [6.45, 7) is 5.34. The summed E-state index contributed by atoms with van der Waals surface area (Å²) in [7, 11) is 1.31. The van der Waals surface area contributed by atoms with Crippen molar-refractivity contribution < 1.29 is 23.9 Å². The number of carbonyl (C=O) groups excluding carboxylic acids is 3. The summed E-state index contributed by atoms with van der Waals surface area (Å²) in [5.41, 5.74) is 1.87. The van der Waals surface area contributed by atoms with Gasteiger partial charge in [-0.15, -0.1) is 0 Å². The van der Waals surface area contributed by atoms with Crippen molar-refractivity contribution in [1.29, 1.82) is 0 Å². The van der Waals surface area contributed by atoms with Gasteiger partial charge in [0.25, 0.3) is 0 Å². The number of esters is 2. The fourth-order valence-corrected chi connectivity index (χ4v) is 4.11. The molecular formula is C20H20N2O5S. The molecule has 2 heterocycles. The SMILES string of the molecule is C=CCOC(=O)C1=C(C)N=C2SCCC(=O)N2[C@H]1c1ccc(C(=O)OC)cc1. The maximum absolute atomic E-state index is 12.7. The smallest absolute Gasteiger partial charge is 0.338 e. The Hall–Kier alpha value is -2.87. The third kappa shape index (κ3) is 3.73. The predicted octanol–water partition coefficient (Wildman–Crippen LogP) is 2.85. The number of aliphatic imine (C=N–C) groups is 1. The highest BCUT2D eigenvalue weighted by Crippen LogP contribution is 2.40. The van der Waals surface area contributed by atoms with Crippen LogP contribution >= 0.6 is 11.8 Å². The van der Waals surface area contributed by atoms with Crippen molar-refractivity contribution in [2.24, 2.45) is 4.99 Å². The van der Waals surface area contributed by atoms with Gasteiger partial charge in [0.1, 0.15) is 6.61 Å². The Morgan fingerprint density at radius 3 is 2.68 bits per heavy atom. The summed E-state index contributed by atoms with van der Waals surface area (Å²) in [5, 5.41) is 0.566. The minimum atomic E-state index is -0.670. The lowest BCUT2D eigenvalue weighted by Gasteiger charge is -2.38. The van der Waals surface area contributed by atoms with Crippen LogP contribution in [0.25, 0.3) is 0 Å². The summed E-state index contributed by atoms with van der Waals surface area (Å²) in [6.07, 6.45) is 1.84. The minimum absolute atomic E-state index is 0.0584. The molecule has 0 spiro atoms. The number of fused-ring (bicyclic) bond motifs is 1. The van der Waals surface area contributed by atoms with Crippen LogP contribution < -0.4 is 0 Å². The van der Waals surface area contributed by atoms with E-state index in [-0.39, 0.29) is 12.5 Å². The lowest BCUT2D eigenvalue weighted by molar-refractivity contribution is -0.139. The van der Waals surface area contributed by atoms with Gasteiger partial charge in [-0.3, -0.25) is 9.69 Å². The van der Waals surface area contributed by atoms with E-state index >= 15 is 0 Å². The van der Waals surface area contributed by atoms with Crippen LogP contribution in [-0.4, -0.2) is 47.4 Å². The molecule has 0 N–H and O–H groups in total. The van der Waals surface area contributed by atoms with Gasteiger partial charge in [0.05, 0.1) is 30.0 Å². The molecule has 0 aliphatic carbocycles. The Balaban J connectivity index is 2.07. The quantitative estimate of drug-likeness (QED) is 0.558. The number of carbonyl (C=O) groups is 3. The van der Waals surface area contributed by atoms with Crippen molar-refractivity contribution >= 4 is 34.8 Å². The molecule has 2 aliphatic heterocycles. The van der Waals surface area contributed by atoms with Gasteiger partial charge < -0.3 is 9.47 Å². The highest BCUT2D eigenvalue weighted by Gasteiger charge is 2.41. The van der Waals surface area contributed by atoms with Gasteiger partial charge in [0.2, 0.25) is 5.91 Å². The highest BCUT2D eigenvalue weighted by atomic mass is 32.2. The Labute approximate surface area is 167 Å². The monoisotopic (exact) mass is 400 g/mol. The molecule has 3 rings (SSSR count). The van der Waals surface area contributed by atoms with Crippen molar-refractivity contribution in [3.8, 4) is 0 Å².